The third-order valence-electron chi connectivity index (χ3n) is 5.44. The molecule has 0 atom stereocenters. The molecule has 8 heteroatoms. The summed E-state index contributed by atoms with van der Waals surface area (Å²) in [5, 5.41) is 5.96. The summed E-state index contributed by atoms with van der Waals surface area (Å²) in [6.07, 6.45) is 1.49. The summed E-state index contributed by atoms with van der Waals surface area (Å²) in [5.41, 5.74) is 0.806. The van der Waals surface area contributed by atoms with Crippen LogP contribution in [0.4, 0.5) is 0 Å². The van der Waals surface area contributed by atoms with Crippen LogP contribution in [0.2, 0.25) is 5.02 Å². The zero-order valence-corrected chi connectivity index (χ0v) is 19.6. The molecule has 0 fully saturated rings. The van der Waals surface area contributed by atoms with Crippen molar-refractivity contribution in [1.82, 2.24) is 14.5 Å². The molecule has 0 radical (unpaired) electrons. The van der Waals surface area contributed by atoms with E-state index in [1.54, 1.807) is 40.2 Å². The predicted molar refractivity (Wildman–Crippen MR) is 133 cm³/mol. The van der Waals surface area contributed by atoms with Crippen LogP contribution in [0.15, 0.2) is 75.6 Å². The molecule has 0 saturated heterocycles. The van der Waals surface area contributed by atoms with Crippen LogP contribution in [0.1, 0.15) is 29.7 Å². The van der Waals surface area contributed by atoms with Gasteiger partial charge in [-0.2, -0.15) is 0 Å². The van der Waals surface area contributed by atoms with Gasteiger partial charge in [-0.15, -0.1) is 11.3 Å². The molecule has 0 aliphatic rings. The molecule has 1 amide bonds. The van der Waals surface area contributed by atoms with Gasteiger partial charge in [-0.3, -0.25) is 18.7 Å². The van der Waals surface area contributed by atoms with Crippen LogP contribution in [0.3, 0.4) is 0 Å². The third-order valence-corrected chi connectivity index (χ3v) is 6.55. The summed E-state index contributed by atoms with van der Waals surface area (Å²) in [6.45, 7) is 1.09. The molecule has 2 aromatic carbocycles. The van der Waals surface area contributed by atoms with Gasteiger partial charge in [0.05, 0.1) is 24.0 Å². The lowest BCUT2D eigenvalue weighted by Gasteiger charge is -2.14. The van der Waals surface area contributed by atoms with Crippen molar-refractivity contribution in [2.24, 2.45) is 0 Å². The van der Waals surface area contributed by atoms with Crippen molar-refractivity contribution in [3.63, 3.8) is 0 Å². The molecule has 33 heavy (non-hydrogen) atoms. The number of para-hydroxylation sites is 1. The molecule has 0 spiro atoms. The zero-order chi connectivity index (χ0) is 23.2. The van der Waals surface area contributed by atoms with E-state index < -0.39 is 0 Å². The lowest BCUT2D eigenvalue weighted by Crippen LogP contribution is -2.40. The topological polar surface area (TPSA) is 73.1 Å². The largest absolute Gasteiger partial charge is 0.351 e. The van der Waals surface area contributed by atoms with E-state index in [-0.39, 0.29) is 23.7 Å². The van der Waals surface area contributed by atoms with Crippen molar-refractivity contribution < 1.29 is 4.79 Å². The molecular formula is C25H24ClN3O3S. The smallest absolute Gasteiger partial charge is 0.331 e. The fourth-order valence-electron chi connectivity index (χ4n) is 3.78. The minimum atomic E-state index is -0.360. The van der Waals surface area contributed by atoms with Crippen molar-refractivity contribution in [1.29, 1.82) is 0 Å². The second kappa shape index (κ2) is 10.6. The first-order chi connectivity index (χ1) is 16.0. The van der Waals surface area contributed by atoms with Gasteiger partial charge in [0, 0.05) is 22.9 Å². The van der Waals surface area contributed by atoms with Gasteiger partial charge in [0.25, 0.3) is 5.56 Å². The lowest BCUT2D eigenvalue weighted by atomic mass is 10.2. The Hall–Kier alpha value is -3.16. The van der Waals surface area contributed by atoms with Crippen molar-refractivity contribution in [2.75, 3.05) is 0 Å². The summed E-state index contributed by atoms with van der Waals surface area (Å²) in [7, 11) is 0. The monoisotopic (exact) mass is 481 g/mol. The number of halogens is 1. The van der Waals surface area contributed by atoms with E-state index in [0.717, 1.165) is 10.4 Å². The number of fused-ring (bicyclic) bond motifs is 1. The Balaban J connectivity index is 1.48. The molecule has 4 rings (SSSR count). The molecule has 0 aliphatic carbocycles. The van der Waals surface area contributed by atoms with Gasteiger partial charge in [0.15, 0.2) is 0 Å². The zero-order valence-electron chi connectivity index (χ0n) is 18.0. The molecule has 0 aliphatic heterocycles. The molecule has 6 nitrogen and oxygen atoms in total. The quantitative estimate of drug-likeness (QED) is 0.360. The number of amides is 1. The Morgan fingerprint density at radius 3 is 2.61 bits per heavy atom. The number of aromatic nitrogens is 2. The van der Waals surface area contributed by atoms with Crippen LogP contribution < -0.4 is 16.6 Å². The van der Waals surface area contributed by atoms with Crippen LogP contribution in [0.25, 0.3) is 10.9 Å². The Labute approximate surface area is 200 Å². The van der Waals surface area contributed by atoms with Crippen LogP contribution in [-0.2, 0) is 24.4 Å². The van der Waals surface area contributed by atoms with Crippen molar-refractivity contribution in [3.8, 4) is 0 Å². The normalized spacial score (nSPS) is 11.1. The van der Waals surface area contributed by atoms with Gasteiger partial charge in [-0.1, -0.05) is 41.9 Å². The van der Waals surface area contributed by atoms with Gasteiger partial charge in [0.1, 0.15) is 0 Å². The number of benzene rings is 2. The van der Waals surface area contributed by atoms with Crippen LogP contribution in [-0.4, -0.2) is 15.0 Å². The van der Waals surface area contributed by atoms with Gasteiger partial charge in [-0.05, 0) is 54.1 Å². The summed E-state index contributed by atoms with van der Waals surface area (Å²) in [5.74, 6) is -0.0346. The SMILES string of the molecule is O=C(CCCCn1c(=O)c2ccccc2n(Cc2cccc(Cl)c2)c1=O)NCc1cccs1. The van der Waals surface area contributed by atoms with E-state index in [1.165, 1.54) is 4.57 Å². The molecule has 2 heterocycles. The maximum absolute atomic E-state index is 13.3. The number of hydrogen-bond acceptors (Lipinski definition) is 4. The van der Waals surface area contributed by atoms with Crippen LogP contribution >= 0.6 is 22.9 Å². The minimum Gasteiger partial charge on any atom is -0.351 e. The highest BCUT2D eigenvalue weighted by atomic mass is 35.5. The molecule has 1 N–H and O–H groups in total. The first-order valence-electron chi connectivity index (χ1n) is 10.8. The Kier molecular flexibility index (Phi) is 7.42. The number of carbonyl (C=O) groups is 1. The third kappa shape index (κ3) is 5.61. The molecule has 2 aromatic heterocycles. The summed E-state index contributed by atoms with van der Waals surface area (Å²) < 4.78 is 2.88. The molecule has 4 aromatic rings. The maximum atomic E-state index is 13.3. The fraction of sp³-hybridized carbons (Fsp3) is 0.240. The van der Waals surface area contributed by atoms with Gasteiger partial charge >= 0.3 is 5.69 Å². The Morgan fingerprint density at radius 2 is 1.82 bits per heavy atom. The van der Waals surface area contributed by atoms with E-state index in [9.17, 15) is 14.4 Å². The first-order valence-corrected chi connectivity index (χ1v) is 12.0. The van der Waals surface area contributed by atoms with Crippen molar-refractivity contribution in [2.45, 2.75) is 38.9 Å². The molecule has 170 valence electrons. The summed E-state index contributed by atoms with van der Waals surface area (Å²) in [4.78, 5) is 39.5. The number of thiophene rings is 1. The summed E-state index contributed by atoms with van der Waals surface area (Å²) in [6, 6.07) is 18.4. The highest BCUT2D eigenvalue weighted by molar-refractivity contribution is 7.09. The maximum Gasteiger partial charge on any atom is 0.331 e. The number of hydrogen-bond donors (Lipinski definition) is 1. The van der Waals surface area contributed by atoms with Crippen molar-refractivity contribution in [3.05, 3.63) is 102 Å². The second-order valence-corrected chi connectivity index (χ2v) is 9.25. The van der Waals surface area contributed by atoms with E-state index in [0.29, 0.717) is 48.3 Å². The number of carbonyl (C=O) groups excluding carboxylic acids is 1. The van der Waals surface area contributed by atoms with Gasteiger partial charge in [0.2, 0.25) is 5.91 Å². The average Bonchev–Trinajstić information content (AvgIpc) is 3.34. The molecule has 0 saturated carbocycles. The summed E-state index contributed by atoms with van der Waals surface area (Å²) >= 11 is 7.71. The van der Waals surface area contributed by atoms with Gasteiger partial charge in [-0.25, -0.2) is 4.79 Å². The second-order valence-electron chi connectivity index (χ2n) is 7.79. The molecular weight excluding hydrogens is 458 g/mol. The van der Waals surface area contributed by atoms with Gasteiger partial charge < -0.3 is 5.32 Å². The highest BCUT2D eigenvalue weighted by Gasteiger charge is 2.13. The Bertz CT molecular complexity index is 1380. The van der Waals surface area contributed by atoms with E-state index in [1.807, 2.05) is 41.8 Å². The molecule has 0 unspecified atom stereocenters. The first kappa shape index (κ1) is 23.0. The van der Waals surface area contributed by atoms with E-state index >= 15 is 0 Å². The van der Waals surface area contributed by atoms with Crippen LogP contribution in [0, 0.1) is 0 Å². The number of nitrogens with zero attached hydrogens (tertiary/aromatic N) is 2. The number of unbranched alkanes of at least 4 members (excludes halogenated alkanes) is 1. The average molecular weight is 482 g/mol. The van der Waals surface area contributed by atoms with E-state index in [4.69, 9.17) is 11.6 Å². The lowest BCUT2D eigenvalue weighted by molar-refractivity contribution is -0.121. The standard InChI is InChI=1S/C25H24ClN3O3S/c26-19-8-5-7-18(15-19)17-29-22-11-2-1-10-21(22)24(31)28(25(29)32)13-4-3-12-23(30)27-16-20-9-6-14-33-20/h1-2,5-11,14-15H,3-4,12-13,16-17H2,(H,27,30). The van der Waals surface area contributed by atoms with Crippen LogP contribution in [0.5, 0.6) is 0 Å². The fourth-order valence-corrected chi connectivity index (χ4v) is 4.64. The molecule has 0 bridgehead atoms. The van der Waals surface area contributed by atoms with Crippen molar-refractivity contribution >= 4 is 39.7 Å². The highest BCUT2D eigenvalue weighted by Crippen LogP contribution is 2.14. The minimum absolute atomic E-state index is 0.0346. The number of rotatable bonds is 9. The number of nitrogens with one attached hydrogen (secondary N) is 1. The predicted octanol–water partition coefficient (Wildman–Crippen LogP) is 4.41. The van der Waals surface area contributed by atoms with E-state index in [2.05, 4.69) is 5.32 Å². The Morgan fingerprint density at radius 1 is 0.970 bits per heavy atom.